The van der Waals surface area contributed by atoms with Gasteiger partial charge in [0.05, 0.1) is 5.92 Å². The molecule has 128 valence electrons. The lowest BCUT2D eigenvalue weighted by atomic mass is 9.70. The largest absolute Gasteiger partial charge is 0.508 e. The monoisotopic (exact) mass is 328 g/mol. The van der Waals surface area contributed by atoms with Gasteiger partial charge in [0.25, 0.3) is 0 Å². The van der Waals surface area contributed by atoms with Gasteiger partial charge in [0.1, 0.15) is 11.5 Å². The van der Waals surface area contributed by atoms with E-state index in [1.165, 1.54) is 0 Å². The molecule has 2 rings (SSSR count). The summed E-state index contributed by atoms with van der Waals surface area (Å²) in [5.41, 5.74) is 1.35. The predicted octanol–water partition coefficient (Wildman–Crippen LogP) is 4.29. The number of rotatable bonds is 7. The second kappa shape index (κ2) is 7.39. The molecule has 0 spiro atoms. The first-order valence-corrected chi connectivity index (χ1v) is 8.18. The summed E-state index contributed by atoms with van der Waals surface area (Å²) in [4.78, 5) is 11.7. The van der Waals surface area contributed by atoms with Crippen LogP contribution in [0.3, 0.4) is 0 Å². The zero-order valence-corrected chi connectivity index (χ0v) is 14.1. The highest BCUT2D eigenvalue weighted by Crippen LogP contribution is 2.40. The number of phenolic OH excluding ortho intramolecular Hbond substituents is 2. The second-order valence-corrected chi connectivity index (χ2v) is 6.45. The minimum atomic E-state index is -0.791. The highest BCUT2D eigenvalue weighted by Gasteiger charge is 2.34. The summed E-state index contributed by atoms with van der Waals surface area (Å²) in [5.74, 6) is -0.895. The van der Waals surface area contributed by atoms with E-state index in [0.717, 1.165) is 17.5 Å². The van der Waals surface area contributed by atoms with Crippen LogP contribution in [0, 0.1) is 5.92 Å². The average molecular weight is 328 g/mol. The van der Waals surface area contributed by atoms with E-state index in [-0.39, 0.29) is 11.5 Å². The van der Waals surface area contributed by atoms with Crippen molar-refractivity contribution in [3.8, 4) is 11.5 Å². The summed E-state index contributed by atoms with van der Waals surface area (Å²) in [7, 11) is 0. The fourth-order valence-corrected chi connectivity index (χ4v) is 3.22. The molecule has 0 aliphatic rings. The molecule has 4 heteroatoms. The van der Waals surface area contributed by atoms with Crippen molar-refractivity contribution in [3.63, 3.8) is 0 Å². The Bertz CT molecular complexity index is 628. The van der Waals surface area contributed by atoms with E-state index in [1.807, 2.05) is 38.1 Å². The normalized spacial score (nSPS) is 12.8. The molecule has 1 unspecified atom stereocenters. The van der Waals surface area contributed by atoms with Gasteiger partial charge in [-0.15, -0.1) is 0 Å². The first-order chi connectivity index (χ1) is 11.4. The Morgan fingerprint density at radius 1 is 0.958 bits per heavy atom. The number of aliphatic carboxylic acids is 1. The molecule has 0 radical (unpaired) electrons. The number of carbonyl (C=O) groups is 1. The molecule has 0 saturated heterocycles. The molecule has 3 N–H and O–H groups in total. The molecular formula is C20H24O4. The van der Waals surface area contributed by atoms with Gasteiger partial charge in [0.2, 0.25) is 0 Å². The Balaban J connectivity index is 2.49. The fraction of sp³-hybridized carbons (Fsp3) is 0.350. The van der Waals surface area contributed by atoms with E-state index in [0.29, 0.717) is 12.8 Å². The van der Waals surface area contributed by atoms with E-state index in [1.54, 1.807) is 24.3 Å². The van der Waals surface area contributed by atoms with Crippen molar-refractivity contribution in [2.45, 2.75) is 38.5 Å². The quantitative estimate of drug-likeness (QED) is 0.708. The lowest BCUT2D eigenvalue weighted by Crippen LogP contribution is -2.30. The summed E-state index contributed by atoms with van der Waals surface area (Å²) >= 11 is 0. The van der Waals surface area contributed by atoms with E-state index in [4.69, 9.17) is 0 Å². The summed E-state index contributed by atoms with van der Waals surface area (Å²) in [6, 6.07) is 13.8. The summed E-state index contributed by atoms with van der Waals surface area (Å²) < 4.78 is 0. The molecule has 2 aromatic carbocycles. The Morgan fingerprint density at radius 3 is 1.71 bits per heavy atom. The standard InChI is InChI=1S/C20H24O4/c1-3-4-14(19(23)24)13-20(2,15-5-9-17(21)10-6-15)16-7-11-18(22)12-8-16/h5-12,14,21-22H,3-4,13H2,1-2H3,(H,23,24). The number of carboxylic acid groups (broad SMARTS) is 1. The van der Waals surface area contributed by atoms with Crippen molar-refractivity contribution in [1.29, 1.82) is 0 Å². The Kier molecular flexibility index (Phi) is 5.50. The highest BCUT2D eigenvalue weighted by atomic mass is 16.4. The zero-order valence-electron chi connectivity index (χ0n) is 14.1. The lowest BCUT2D eigenvalue weighted by Gasteiger charge is -2.33. The number of carboxylic acids is 1. The molecule has 0 amide bonds. The molecule has 0 saturated carbocycles. The topological polar surface area (TPSA) is 77.8 Å². The average Bonchev–Trinajstić information content (AvgIpc) is 2.55. The Morgan fingerprint density at radius 2 is 1.38 bits per heavy atom. The van der Waals surface area contributed by atoms with E-state index in [9.17, 15) is 20.1 Å². The van der Waals surface area contributed by atoms with Gasteiger partial charge in [0, 0.05) is 5.41 Å². The molecule has 1 atom stereocenters. The van der Waals surface area contributed by atoms with Crippen LogP contribution in [0.2, 0.25) is 0 Å². The third-order valence-electron chi connectivity index (χ3n) is 4.65. The first-order valence-electron chi connectivity index (χ1n) is 8.18. The smallest absolute Gasteiger partial charge is 0.306 e. The Hall–Kier alpha value is -2.49. The van der Waals surface area contributed by atoms with E-state index in [2.05, 4.69) is 0 Å². The first kappa shape index (κ1) is 17.9. The summed E-state index contributed by atoms with van der Waals surface area (Å²) in [5, 5.41) is 28.7. The molecule has 0 bridgehead atoms. The minimum absolute atomic E-state index is 0.176. The van der Waals surface area contributed by atoms with Crippen molar-refractivity contribution >= 4 is 5.97 Å². The summed E-state index contributed by atoms with van der Waals surface area (Å²) in [6.45, 7) is 3.99. The maximum atomic E-state index is 11.7. The van der Waals surface area contributed by atoms with Gasteiger partial charge < -0.3 is 15.3 Å². The van der Waals surface area contributed by atoms with Crippen LogP contribution in [0.15, 0.2) is 48.5 Å². The van der Waals surface area contributed by atoms with Gasteiger partial charge in [-0.25, -0.2) is 0 Å². The molecule has 2 aromatic rings. The van der Waals surface area contributed by atoms with Gasteiger partial charge in [-0.3, -0.25) is 4.79 Å². The summed E-state index contributed by atoms with van der Waals surface area (Å²) in [6.07, 6.45) is 1.87. The molecule has 4 nitrogen and oxygen atoms in total. The maximum Gasteiger partial charge on any atom is 0.306 e. The maximum absolute atomic E-state index is 11.7. The molecule has 0 fully saturated rings. The van der Waals surface area contributed by atoms with Crippen LogP contribution in [0.5, 0.6) is 11.5 Å². The molecule has 0 heterocycles. The fourth-order valence-electron chi connectivity index (χ4n) is 3.22. The van der Waals surface area contributed by atoms with Gasteiger partial charge >= 0.3 is 5.97 Å². The molecule has 0 aliphatic carbocycles. The van der Waals surface area contributed by atoms with Gasteiger partial charge in [-0.2, -0.15) is 0 Å². The van der Waals surface area contributed by atoms with E-state index < -0.39 is 17.3 Å². The Labute approximate surface area is 142 Å². The number of hydrogen-bond donors (Lipinski definition) is 3. The third kappa shape index (κ3) is 3.88. The molecule has 0 aromatic heterocycles. The van der Waals surface area contributed by atoms with Crippen molar-refractivity contribution < 1.29 is 20.1 Å². The lowest BCUT2D eigenvalue weighted by molar-refractivity contribution is -0.142. The van der Waals surface area contributed by atoms with Crippen LogP contribution >= 0.6 is 0 Å². The number of aromatic hydroxyl groups is 2. The van der Waals surface area contributed by atoms with E-state index >= 15 is 0 Å². The van der Waals surface area contributed by atoms with Gasteiger partial charge in [0.15, 0.2) is 0 Å². The molecule has 24 heavy (non-hydrogen) atoms. The zero-order chi connectivity index (χ0) is 17.7. The van der Waals surface area contributed by atoms with Crippen LogP contribution in [0.1, 0.15) is 44.2 Å². The van der Waals surface area contributed by atoms with Gasteiger partial charge in [-0.1, -0.05) is 44.5 Å². The molecular weight excluding hydrogens is 304 g/mol. The van der Waals surface area contributed by atoms with Crippen LogP contribution in [-0.4, -0.2) is 21.3 Å². The van der Waals surface area contributed by atoms with Crippen LogP contribution in [0.4, 0.5) is 0 Å². The van der Waals surface area contributed by atoms with Crippen molar-refractivity contribution in [2.24, 2.45) is 5.92 Å². The number of phenols is 2. The minimum Gasteiger partial charge on any atom is -0.508 e. The highest BCUT2D eigenvalue weighted by molar-refractivity contribution is 5.70. The van der Waals surface area contributed by atoms with Crippen LogP contribution < -0.4 is 0 Å². The van der Waals surface area contributed by atoms with Crippen molar-refractivity contribution in [1.82, 2.24) is 0 Å². The predicted molar refractivity (Wildman–Crippen MR) is 93.3 cm³/mol. The van der Waals surface area contributed by atoms with Crippen LogP contribution in [-0.2, 0) is 10.2 Å². The SMILES string of the molecule is CCCC(CC(C)(c1ccc(O)cc1)c1ccc(O)cc1)C(=O)O. The number of benzene rings is 2. The van der Waals surface area contributed by atoms with Gasteiger partial charge in [-0.05, 0) is 48.2 Å². The van der Waals surface area contributed by atoms with Crippen LogP contribution in [0.25, 0.3) is 0 Å². The van der Waals surface area contributed by atoms with Crippen molar-refractivity contribution in [3.05, 3.63) is 59.7 Å². The second-order valence-electron chi connectivity index (χ2n) is 6.45. The number of hydrogen-bond acceptors (Lipinski definition) is 3. The van der Waals surface area contributed by atoms with Crippen molar-refractivity contribution in [2.75, 3.05) is 0 Å². The molecule has 0 aliphatic heterocycles. The third-order valence-corrected chi connectivity index (χ3v) is 4.65.